The van der Waals surface area contributed by atoms with Gasteiger partial charge in [0.2, 0.25) is 0 Å². The molecule has 0 radical (unpaired) electrons. The molecule has 2 aromatic heterocycles. The summed E-state index contributed by atoms with van der Waals surface area (Å²) in [6, 6.07) is 6.04. The van der Waals surface area contributed by atoms with Crippen molar-refractivity contribution in [3.8, 4) is 0 Å². The lowest BCUT2D eigenvalue weighted by molar-refractivity contribution is 0.577. The molecule has 3 rings (SSSR count). The molecule has 1 atom stereocenters. The second-order valence-electron chi connectivity index (χ2n) is 6.10. The second-order valence-corrected chi connectivity index (χ2v) is 7.33. The van der Waals surface area contributed by atoms with E-state index in [-0.39, 0.29) is 0 Å². The highest BCUT2D eigenvalue weighted by atomic mass is 32.2. The zero-order valence-corrected chi connectivity index (χ0v) is 15.4. The van der Waals surface area contributed by atoms with Crippen molar-refractivity contribution in [2.45, 2.75) is 46.1 Å². The number of rotatable bonds is 4. The fraction of sp³-hybridized carbons (Fsp3) is 0.353. The zero-order valence-electron chi connectivity index (χ0n) is 14.5. The molecule has 0 aliphatic carbocycles. The van der Waals surface area contributed by atoms with Crippen molar-refractivity contribution in [3.63, 3.8) is 0 Å². The number of nitrogens with zero attached hydrogens (tertiary/aromatic N) is 4. The standard InChI is InChI=1S/C17H21N5OS/c1-10-6-11(2)16(12(3)7-10)24(23)18-9-15-20-17-19-13(4)8-14(5)22(17)21-15/h6-8,18H,9H2,1-5H3. The van der Waals surface area contributed by atoms with Gasteiger partial charge in [-0.1, -0.05) is 17.7 Å². The maximum absolute atomic E-state index is 12.6. The summed E-state index contributed by atoms with van der Waals surface area (Å²) in [5.41, 5.74) is 5.09. The van der Waals surface area contributed by atoms with Crippen LogP contribution in [0.1, 0.15) is 33.9 Å². The first-order chi connectivity index (χ1) is 11.3. The molecule has 3 aromatic rings. The van der Waals surface area contributed by atoms with Gasteiger partial charge in [0.15, 0.2) is 10.7 Å². The summed E-state index contributed by atoms with van der Waals surface area (Å²) in [6.07, 6.45) is 0. The van der Waals surface area contributed by atoms with Gasteiger partial charge in [-0.15, -0.1) is 9.82 Å². The number of nitrogens with one attached hydrogen (secondary N) is 1. The smallest absolute Gasteiger partial charge is 0.252 e. The van der Waals surface area contributed by atoms with Crippen molar-refractivity contribution >= 4 is 17.1 Å². The van der Waals surface area contributed by atoms with Crippen molar-refractivity contribution in [2.75, 3.05) is 0 Å². The highest BCUT2D eigenvalue weighted by molar-refractivity contribution is 7.89. The Labute approximate surface area is 144 Å². The lowest BCUT2D eigenvalue weighted by atomic mass is 10.1. The van der Waals surface area contributed by atoms with Gasteiger partial charge < -0.3 is 4.55 Å². The van der Waals surface area contributed by atoms with Crippen LogP contribution in [0.25, 0.3) is 5.78 Å². The average molecular weight is 343 g/mol. The molecule has 126 valence electrons. The fourth-order valence-corrected chi connectivity index (χ4v) is 4.05. The molecule has 0 saturated carbocycles. The van der Waals surface area contributed by atoms with Gasteiger partial charge in [0, 0.05) is 22.5 Å². The Balaban J connectivity index is 1.80. The van der Waals surface area contributed by atoms with Crippen molar-refractivity contribution < 1.29 is 4.55 Å². The maximum Gasteiger partial charge on any atom is 0.252 e. The molecule has 1 unspecified atom stereocenters. The van der Waals surface area contributed by atoms with Gasteiger partial charge in [-0.25, -0.2) is 9.50 Å². The van der Waals surface area contributed by atoms with Crippen LogP contribution in [-0.2, 0) is 17.9 Å². The number of hydrogen-bond donors (Lipinski definition) is 1. The molecule has 7 heteroatoms. The van der Waals surface area contributed by atoms with Gasteiger partial charge in [-0.05, 0) is 40.7 Å². The van der Waals surface area contributed by atoms with Crippen LogP contribution in [0.3, 0.4) is 0 Å². The molecule has 0 saturated heterocycles. The molecule has 1 N–H and O–H groups in total. The second kappa shape index (κ2) is 6.51. The highest BCUT2D eigenvalue weighted by Gasteiger charge is 2.19. The van der Waals surface area contributed by atoms with Crippen LogP contribution in [0, 0.1) is 34.6 Å². The van der Waals surface area contributed by atoms with E-state index in [2.05, 4.69) is 19.8 Å². The summed E-state index contributed by atoms with van der Waals surface area (Å²) in [5, 5.41) is 4.42. The molecule has 2 heterocycles. The molecule has 6 nitrogen and oxygen atoms in total. The molecule has 0 aliphatic rings. The number of aromatic nitrogens is 4. The predicted octanol–water partition coefficient (Wildman–Crippen LogP) is 2.48. The third-order valence-electron chi connectivity index (χ3n) is 3.81. The van der Waals surface area contributed by atoms with Crippen molar-refractivity contribution in [3.05, 3.63) is 52.1 Å². The predicted molar refractivity (Wildman–Crippen MR) is 94.2 cm³/mol. The van der Waals surface area contributed by atoms with Crippen molar-refractivity contribution in [1.82, 2.24) is 24.3 Å². The van der Waals surface area contributed by atoms with Gasteiger partial charge in [0.05, 0.1) is 11.4 Å². The molecule has 0 aliphatic heterocycles. The fourth-order valence-electron chi connectivity index (χ4n) is 2.94. The van der Waals surface area contributed by atoms with Gasteiger partial charge in [0.25, 0.3) is 5.78 Å². The van der Waals surface area contributed by atoms with Crippen LogP contribution in [0.5, 0.6) is 0 Å². The maximum atomic E-state index is 12.6. The van der Waals surface area contributed by atoms with Crippen molar-refractivity contribution in [1.29, 1.82) is 0 Å². The molecular weight excluding hydrogens is 322 g/mol. The van der Waals surface area contributed by atoms with E-state index >= 15 is 0 Å². The average Bonchev–Trinajstić information content (AvgIpc) is 2.87. The minimum atomic E-state index is -1.31. The minimum absolute atomic E-state index is 0.321. The SMILES string of the molecule is Cc1cc(C)c([S+]([O-])NCc2nc3nc(C)cc(C)n3n2)c(C)c1. The van der Waals surface area contributed by atoms with Crippen LogP contribution in [0.4, 0.5) is 0 Å². The first-order valence-corrected chi connectivity index (χ1v) is 8.93. The number of fused-ring (bicyclic) bond motifs is 1. The molecule has 1 aromatic carbocycles. The summed E-state index contributed by atoms with van der Waals surface area (Å²) in [4.78, 5) is 9.60. The lowest BCUT2D eigenvalue weighted by Gasteiger charge is -2.14. The van der Waals surface area contributed by atoms with Crippen LogP contribution in [0.2, 0.25) is 0 Å². The van der Waals surface area contributed by atoms with Crippen LogP contribution in [0.15, 0.2) is 23.1 Å². The van der Waals surface area contributed by atoms with Crippen LogP contribution >= 0.6 is 0 Å². The van der Waals surface area contributed by atoms with E-state index in [4.69, 9.17) is 0 Å². The number of benzene rings is 1. The van der Waals surface area contributed by atoms with E-state index in [0.29, 0.717) is 18.1 Å². The van der Waals surface area contributed by atoms with E-state index in [1.165, 1.54) is 5.56 Å². The minimum Gasteiger partial charge on any atom is -0.593 e. The number of aryl methyl sites for hydroxylation is 5. The highest BCUT2D eigenvalue weighted by Crippen LogP contribution is 2.21. The molecule has 24 heavy (non-hydrogen) atoms. The normalized spacial score (nSPS) is 12.8. The topological polar surface area (TPSA) is 78.2 Å². The Morgan fingerprint density at radius 1 is 1.04 bits per heavy atom. The third-order valence-corrected chi connectivity index (χ3v) is 5.23. The Kier molecular flexibility index (Phi) is 4.58. The summed E-state index contributed by atoms with van der Waals surface area (Å²) in [6.45, 7) is 10.2. The van der Waals surface area contributed by atoms with Crippen LogP contribution < -0.4 is 4.72 Å². The summed E-state index contributed by atoms with van der Waals surface area (Å²) >= 11 is -1.31. The Bertz CT molecular complexity index is 882. The Hall–Kier alpha value is -1.96. The Morgan fingerprint density at radius 2 is 1.71 bits per heavy atom. The molecule has 0 amide bonds. The summed E-state index contributed by atoms with van der Waals surface area (Å²) in [5.74, 6) is 1.14. The van der Waals surface area contributed by atoms with Gasteiger partial charge >= 0.3 is 0 Å². The largest absolute Gasteiger partial charge is 0.593 e. The quantitative estimate of drug-likeness (QED) is 0.736. The van der Waals surface area contributed by atoms with E-state index in [1.807, 2.05) is 52.8 Å². The Morgan fingerprint density at radius 3 is 2.38 bits per heavy atom. The molecular formula is C17H21N5OS. The zero-order chi connectivity index (χ0) is 17.4. The van der Waals surface area contributed by atoms with Crippen molar-refractivity contribution in [2.24, 2.45) is 0 Å². The van der Waals surface area contributed by atoms with E-state index in [0.717, 1.165) is 27.4 Å². The number of hydrogen-bond acceptors (Lipinski definition) is 5. The first-order valence-electron chi connectivity index (χ1n) is 7.78. The van der Waals surface area contributed by atoms with Gasteiger partial charge in [-0.2, -0.15) is 4.98 Å². The van der Waals surface area contributed by atoms with E-state index in [9.17, 15) is 4.55 Å². The lowest BCUT2D eigenvalue weighted by Crippen LogP contribution is -2.25. The first kappa shape index (κ1) is 16.9. The van der Waals surface area contributed by atoms with E-state index < -0.39 is 11.4 Å². The van der Waals surface area contributed by atoms with Crippen LogP contribution in [-0.4, -0.2) is 24.1 Å². The van der Waals surface area contributed by atoms with Gasteiger partial charge in [0.1, 0.15) is 6.54 Å². The van der Waals surface area contributed by atoms with Gasteiger partial charge in [-0.3, -0.25) is 0 Å². The van der Waals surface area contributed by atoms with E-state index in [1.54, 1.807) is 4.52 Å². The summed E-state index contributed by atoms with van der Waals surface area (Å²) < 4.78 is 17.4. The molecule has 0 bridgehead atoms. The monoisotopic (exact) mass is 343 g/mol. The summed E-state index contributed by atoms with van der Waals surface area (Å²) in [7, 11) is 0. The molecule has 0 fully saturated rings. The third kappa shape index (κ3) is 3.28. The molecule has 0 spiro atoms.